The van der Waals surface area contributed by atoms with Crippen molar-refractivity contribution in [2.75, 3.05) is 6.54 Å². The van der Waals surface area contributed by atoms with E-state index in [0.29, 0.717) is 17.3 Å². The Kier molecular flexibility index (Phi) is 5.55. The third-order valence-electron chi connectivity index (χ3n) is 4.59. The van der Waals surface area contributed by atoms with Gasteiger partial charge in [0.05, 0.1) is 10.7 Å². The summed E-state index contributed by atoms with van der Waals surface area (Å²) in [4.78, 5) is 18.4. The molecule has 1 amide bonds. The van der Waals surface area contributed by atoms with E-state index < -0.39 is 0 Å². The Labute approximate surface area is 166 Å². The van der Waals surface area contributed by atoms with E-state index in [0.717, 1.165) is 24.8 Å². The molecule has 0 bridgehead atoms. The highest BCUT2D eigenvalue weighted by Gasteiger charge is 2.16. The van der Waals surface area contributed by atoms with Crippen LogP contribution in [0.25, 0.3) is 11.3 Å². The van der Waals surface area contributed by atoms with Gasteiger partial charge in [0.25, 0.3) is 5.91 Å². The molecule has 0 saturated heterocycles. The summed E-state index contributed by atoms with van der Waals surface area (Å²) in [6.07, 6.45) is 6.57. The van der Waals surface area contributed by atoms with Crippen molar-refractivity contribution in [3.05, 3.63) is 56.6 Å². The molecule has 4 rings (SSSR count). The topological polar surface area (TPSA) is 68.0 Å². The van der Waals surface area contributed by atoms with Gasteiger partial charge in [-0.3, -0.25) is 4.79 Å². The molecule has 140 valence electrons. The second kappa shape index (κ2) is 8.23. The first-order valence-electron chi connectivity index (χ1n) is 9.17. The summed E-state index contributed by atoms with van der Waals surface area (Å²) < 4.78 is 5.27. The lowest BCUT2D eigenvalue weighted by atomic mass is 10.0. The van der Waals surface area contributed by atoms with Crippen LogP contribution in [0.1, 0.15) is 45.3 Å². The average molecular weight is 402 g/mol. The van der Waals surface area contributed by atoms with E-state index in [9.17, 15) is 4.79 Å². The van der Waals surface area contributed by atoms with E-state index in [1.807, 2.05) is 23.5 Å². The Hall–Kier alpha value is -2.18. The molecule has 27 heavy (non-hydrogen) atoms. The molecule has 1 N–H and O–H groups in total. The fourth-order valence-corrected chi connectivity index (χ4v) is 4.59. The number of carbonyl (C=O) groups excluding carboxylic acids is 1. The molecule has 0 fully saturated rings. The fourth-order valence-electron chi connectivity index (χ4n) is 3.20. The van der Waals surface area contributed by atoms with E-state index in [4.69, 9.17) is 21.1 Å². The number of nitrogens with zero attached hydrogens (tertiary/aromatic N) is 2. The van der Waals surface area contributed by atoms with Crippen LogP contribution in [0.3, 0.4) is 0 Å². The van der Waals surface area contributed by atoms with Gasteiger partial charge >= 0.3 is 0 Å². The maximum atomic E-state index is 12.3. The van der Waals surface area contributed by atoms with Crippen LogP contribution in [-0.4, -0.2) is 22.6 Å². The number of nitrogens with one attached hydrogen (secondary N) is 1. The highest BCUT2D eigenvalue weighted by atomic mass is 35.5. The van der Waals surface area contributed by atoms with Crippen LogP contribution >= 0.6 is 22.9 Å². The molecular formula is C20H20ClN3O2S. The Balaban J connectivity index is 1.28. The van der Waals surface area contributed by atoms with Crippen LogP contribution in [0.15, 0.2) is 34.9 Å². The van der Waals surface area contributed by atoms with Crippen molar-refractivity contribution in [3.8, 4) is 11.3 Å². The van der Waals surface area contributed by atoms with Crippen LogP contribution in [0.4, 0.5) is 0 Å². The van der Waals surface area contributed by atoms with Gasteiger partial charge in [0.15, 0.2) is 11.5 Å². The van der Waals surface area contributed by atoms with Gasteiger partial charge in [0.1, 0.15) is 0 Å². The van der Waals surface area contributed by atoms with Crippen LogP contribution in [0.5, 0.6) is 0 Å². The molecule has 7 heteroatoms. The summed E-state index contributed by atoms with van der Waals surface area (Å²) >= 11 is 7.82. The van der Waals surface area contributed by atoms with Gasteiger partial charge in [0.2, 0.25) is 0 Å². The summed E-state index contributed by atoms with van der Waals surface area (Å²) in [5, 5.41) is 8.55. The van der Waals surface area contributed by atoms with Crippen molar-refractivity contribution in [1.29, 1.82) is 0 Å². The normalized spacial score (nSPS) is 13.4. The smallest absolute Gasteiger partial charge is 0.273 e. The van der Waals surface area contributed by atoms with Crippen LogP contribution in [0.2, 0.25) is 5.02 Å². The van der Waals surface area contributed by atoms with Gasteiger partial charge in [-0.1, -0.05) is 28.9 Å². The van der Waals surface area contributed by atoms with Crippen molar-refractivity contribution in [2.24, 2.45) is 0 Å². The molecule has 2 aromatic heterocycles. The number of amides is 1. The Morgan fingerprint density at radius 1 is 1.26 bits per heavy atom. The Bertz CT molecular complexity index is 927. The number of aryl methyl sites for hydroxylation is 3. The first kappa shape index (κ1) is 18.2. The van der Waals surface area contributed by atoms with Gasteiger partial charge in [-0.15, -0.1) is 11.3 Å². The molecule has 0 radical (unpaired) electrons. The quantitative estimate of drug-likeness (QED) is 0.608. The fraction of sp³-hybridized carbons (Fsp3) is 0.350. The lowest BCUT2D eigenvalue weighted by Gasteiger charge is -2.06. The number of thiazole rings is 1. The number of benzene rings is 1. The van der Waals surface area contributed by atoms with Gasteiger partial charge in [-0.25, -0.2) is 4.98 Å². The average Bonchev–Trinajstić information content (AvgIpc) is 3.32. The number of carbonyl (C=O) groups is 1. The van der Waals surface area contributed by atoms with E-state index in [1.54, 1.807) is 18.2 Å². The summed E-state index contributed by atoms with van der Waals surface area (Å²) in [6.45, 7) is 0.586. The number of hydrogen-bond donors (Lipinski definition) is 1. The van der Waals surface area contributed by atoms with Gasteiger partial charge < -0.3 is 9.84 Å². The minimum Gasteiger partial charge on any atom is -0.355 e. The van der Waals surface area contributed by atoms with Gasteiger partial charge in [-0.2, -0.15) is 0 Å². The third-order valence-corrected chi connectivity index (χ3v) is 6.05. The Morgan fingerprint density at radius 2 is 2.15 bits per heavy atom. The first-order valence-corrected chi connectivity index (χ1v) is 10.4. The molecule has 0 spiro atoms. The van der Waals surface area contributed by atoms with E-state index >= 15 is 0 Å². The molecule has 0 unspecified atom stereocenters. The van der Waals surface area contributed by atoms with Crippen LogP contribution < -0.4 is 5.32 Å². The first-order chi connectivity index (χ1) is 13.2. The molecule has 5 nitrogen and oxygen atoms in total. The van der Waals surface area contributed by atoms with Crippen molar-refractivity contribution in [1.82, 2.24) is 15.5 Å². The zero-order valence-electron chi connectivity index (χ0n) is 14.8. The zero-order valence-corrected chi connectivity index (χ0v) is 16.4. The molecule has 2 heterocycles. The molecule has 0 saturated carbocycles. The minimum atomic E-state index is -0.231. The zero-order chi connectivity index (χ0) is 18.6. The van der Waals surface area contributed by atoms with Crippen molar-refractivity contribution in [3.63, 3.8) is 0 Å². The number of halogens is 1. The third kappa shape index (κ3) is 4.39. The predicted octanol–water partition coefficient (Wildman–Crippen LogP) is 4.69. The van der Waals surface area contributed by atoms with Crippen LogP contribution in [0, 0.1) is 0 Å². The maximum Gasteiger partial charge on any atom is 0.273 e. The lowest BCUT2D eigenvalue weighted by molar-refractivity contribution is 0.0944. The maximum absolute atomic E-state index is 12.3. The van der Waals surface area contributed by atoms with Crippen molar-refractivity contribution < 1.29 is 9.32 Å². The van der Waals surface area contributed by atoms with Crippen LogP contribution in [-0.2, 0) is 19.3 Å². The van der Waals surface area contributed by atoms with Gasteiger partial charge in [0, 0.05) is 34.5 Å². The molecule has 0 aliphatic heterocycles. The summed E-state index contributed by atoms with van der Waals surface area (Å²) in [7, 11) is 0. The molecule has 0 atom stereocenters. The summed E-state index contributed by atoms with van der Waals surface area (Å²) in [6, 6.07) is 8.89. The molecular weight excluding hydrogens is 382 g/mol. The number of hydrogen-bond acceptors (Lipinski definition) is 5. The Morgan fingerprint density at radius 3 is 3.00 bits per heavy atom. The molecule has 3 aromatic rings. The monoisotopic (exact) mass is 401 g/mol. The molecule has 1 aliphatic carbocycles. The predicted molar refractivity (Wildman–Crippen MR) is 106 cm³/mol. The van der Waals surface area contributed by atoms with E-state index in [2.05, 4.69) is 10.5 Å². The summed E-state index contributed by atoms with van der Waals surface area (Å²) in [5.41, 5.74) is 2.36. The molecule has 1 aliphatic rings. The minimum absolute atomic E-state index is 0.231. The number of fused-ring (bicyclic) bond motifs is 1. The number of aromatic nitrogens is 2. The highest BCUT2D eigenvalue weighted by molar-refractivity contribution is 7.11. The SMILES string of the molecule is O=C(NCCCc1nc2c(s1)CCCC2)c1cc(-c2cccc(Cl)c2)on1. The second-order valence-electron chi connectivity index (χ2n) is 6.63. The van der Waals surface area contributed by atoms with E-state index in [-0.39, 0.29) is 11.6 Å². The van der Waals surface area contributed by atoms with Gasteiger partial charge in [-0.05, 0) is 44.2 Å². The van der Waals surface area contributed by atoms with E-state index in [1.165, 1.54) is 34.8 Å². The standard InChI is InChI=1S/C20H20ClN3O2S/c21-14-6-3-5-13(11-14)17-12-16(24-26-17)20(25)22-10-4-9-19-23-15-7-1-2-8-18(15)27-19/h3,5-6,11-12H,1-2,4,7-10H2,(H,22,25). The highest BCUT2D eigenvalue weighted by Crippen LogP contribution is 2.27. The largest absolute Gasteiger partial charge is 0.355 e. The summed E-state index contributed by atoms with van der Waals surface area (Å²) in [5.74, 6) is 0.293. The molecule has 1 aromatic carbocycles. The number of rotatable bonds is 6. The second-order valence-corrected chi connectivity index (χ2v) is 8.24. The van der Waals surface area contributed by atoms with Crippen molar-refractivity contribution in [2.45, 2.75) is 38.5 Å². The van der Waals surface area contributed by atoms with Crippen molar-refractivity contribution >= 4 is 28.8 Å². The lowest BCUT2D eigenvalue weighted by Crippen LogP contribution is -2.25.